The van der Waals surface area contributed by atoms with E-state index in [4.69, 9.17) is 19.9 Å². The van der Waals surface area contributed by atoms with Gasteiger partial charge >= 0.3 is 0 Å². The van der Waals surface area contributed by atoms with Gasteiger partial charge in [-0.2, -0.15) is 5.26 Å². The average molecular weight is 445 g/mol. The van der Waals surface area contributed by atoms with Gasteiger partial charge in [-0.05, 0) is 47.0 Å². The lowest BCUT2D eigenvalue weighted by molar-refractivity contribution is -0.116. The number of halogens is 1. The molecular formula is C21H21BrN2O4. The first-order chi connectivity index (χ1) is 13.5. The maximum Gasteiger partial charge on any atom is 0.205 e. The lowest BCUT2D eigenvalue weighted by atomic mass is 9.77. The maximum absolute atomic E-state index is 12.7. The van der Waals surface area contributed by atoms with Crippen LogP contribution < -0.4 is 15.2 Å². The fourth-order valence-corrected chi connectivity index (χ4v) is 4.06. The third-order valence-corrected chi connectivity index (χ3v) is 5.20. The molecule has 146 valence electrons. The number of ether oxygens (including phenoxy) is 3. The fraction of sp³-hybridized carbons (Fsp3) is 0.333. The third-order valence-electron chi connectivity index (χ3n) is 4.62. The van der Waals surface area contributed by atoms with Crippen LogP contribution in [0.15, 0.2) is 52.0 Å². The lowest BCUT2D eigenvalue weighted by Gasteiger charge is -2.31. The minimum atomic E-state index is -0.592. The van der Waals surface area contributed by atoms with Gasteiger partial charge in [0.1, 0.15) is 24.0 Å². The van der Waals surface area contributed by atoms with Crippen LogP contribution in [0.2, 0.25) is 0 Å². The second kappa shape index (κ2) is 8.53. The highest BCUT2D eigenvalue weighted by molar-refractivity contribution is 9.10. The molecule has 1 atom stereocenters. The van der Waals surface area contributed by atoms with Crippen LogP contribution in [0.1, 0.15) is 37.7 Å². The van der Waals surface area contributed by atoms with Crippen LogP contribution in [0.4, 0.5) is 0 Å². The molecule has 1 aromatic carbocycles. The van der Waals surface area contributed by atoms with Crippen molar-refractivity contribution in [3.63, 3.8) is 0 Å². The van der Waals surface area contributed by atoms with Gasteiger partial charge in [-0.25, -0.2) is 0 Å². The zero-order chi connectivity index (χ0) is 20.3. The van der Waals surface area contributed by atoms with Gasteiger partial charge in [-0.15, -0.1) is 0 Å². The quantitative estimate of drug-likeness (QED) is 0.659. The maximum atomic E-state index is 12.7. The molecule has 0 bridgehead atoms. The normalized spacial score (nSPS) is 18.9. The molecule has 7 heteroatoms. The van der Waals surface area contributed by atoms with E-state index in [1.807, 2.05) is 13.0 Å². The monoisotopic (exact) mass is 444 g/mol. The van der Waals surface area contributed by atoms with Crippen molar-refractivity contribution in [2.24, 2.45) is 5.73 Å². The number of nitriles is 1. The molecule has 6 nitrogen and oxygen atoms in total. The Morgan fingerprint density at radius 2 is 2.21 bits per heavy atom. The summed E-state index contributed by atoms with van der Waals surface area (Å²) < 4.78 is 17.7. The van der Waals surface area contributed by atoms with Crippen molar-refractivity contribution >= 4 is 21.7 Å². The van der Waals surface area contributed by atoms with Crippen molar-refractivity contribution in [2.45, 2.75) is 32.1 Å². The number of hydrogen-bond acceptors (Lipinski definition) is 6. The van der Waals surface area contributed by atoms with Gasteiger partial charge in [0.25, 0.3) is 0 Å². The van der Waals surface area contributed by atoms with Crippen LogP contribution >= 0.6 is 15.9 Å². The van der Waals surface area contributed by atoms with Crippen LogP contribution in [0.3, 0.4) is 0 Å². The second-order valence-corrected chi connectivity index (χ2v) is 7.26. The summed E-state index contributed by atoms with van der Waals surface area (Å²) in [6, 6.07) is 5.74. The van der Waals surface area contributed by atoms with Crippen molar-refractivity contribution in [3.05, 3.63) is 57.6 Å². The van der Waals surface area contributed by atoms with Crippen LogP contribution in [-0.4, -0.2) is 19.0 Å². The number of allylic oxidation sites excluding steroid dienone is 3. The highest BCUT2D eigenvalue weighted by atomic mass is 79.9. The van der Waals surface area contributed by atoms with Gasteiger partial charge in [0.05, 0.1) is 17.0 Å². The Kier molecular flexibility index (Phi) is 6.10. The average Bonchev–Trinajstić information content (AvgIpc) is 2.66. The second-order valence-electron chi connectivity index (χ2n) is 6.40. The van der Waals surface area contributed by atoms with Gasteiger partial charge in [-0.1, -0.05) is 12.7 Å². The first kappa shape index (κ1) is 20.0. The molecule has 1 unspecified atom stereocenters. The summed E-state index contributed by atoms with van der Waals surface area (Å²) in [6.07, 6.45) is 3.40. The molecular weight excluding hydrogens is 424 g/mol. The molecule has 3 rings (SSSR count). The molecule has 0 saturated heterocycles. The molecule has 0 saturated carbocycles. The van der Waals surface area contributed by atoms with E-state index < -0.39 is 5.92 Å². The molecule has 0 fully saturated rings. The number of rotatable bonds is 6. The zero-order valence-corrected chi connectivity index (χ0v) is 17.2. The minimum Gasteiger partial charge on any atom is -0.490 e. The summed E-state index contributed by atoms with van der Waals surface area (Å²) in [5, 5.41) is 9.70. The lowest BCUT2D eigenvalue weighted by Crippen LogP contribution is -2.27. The topological polar surface area (TPSA) is 94.6 Å². The van der Waals surface area contributed by atoms with E-state index in [0.717, 1.165) is 0 Å². The SMILES string of the molecule is C=CCOc1c(Br)cc(C2C(C#N)=C(N)OC3=C2C(=O)CCC3)cc1OCC. The molecule has 0 spiro atoms. The standard InChI is InChI=1S/C21H21BrN2O4/c1-3-8-27-20-14(22)9-12(10-17(20)26-4-2)18-13(11-23)21(24)28-16-7-5-6-15(25)19(16)18/h3,9-10,18H,1,4-8,24H2,2H3. The predicted octanol–water partition coefficient (Wildman–Crippen LogP) is 4.23. The largest absolute Gasteiger partial charge is 0.490 e. The van der Waals surface area contributed by atoms with E-state index >= 15 is 0 Å². The third kappa shape index (κ3) is 3.65. The fourth-order valence-electron chi connectivity index (χ4n) is 3.49. The summed E-state index contributed by atoms with van der Waals surface area (Å²) in [5.41, 5.74) is 7.46. The molecule has 1 aliphatic carbocycles. The smallest absolute Gasteiger partial charge is 0.205 e. The van der Waals surface area contributed by atoms with E-state index in [2.05, 4.69) is 28.6 Å². The summed E-state index contributed by atoms with van der Waals surface area (Å²) in [7, 11) is 0. The molecule has 28 heavy (non-hydrogen) atoms. The first-order valence-corrected chi connectivity index (χ1v) is 9.84. The number of ketones is 1. The van der Waals surface area contributed by atoms with Gasteiger partial charge in [-0.3, -0.25) is 4.79 Å². The van der Waals surface area contributed by atoms with Crippen molar-refractivity contribution in [1.82, 2.24) is 0 Å². The van der Waals surface area contributed by atoms with Gasteiger partial charge in [0.2, 0.25) is 5.88 Å². The van der Waals surface area contributed by atoms with Crippen LogP contribution in [-0.2, 0) is 9.53 Å². The Hall–Kier alpha value is -2.72. The molecule has 1 heterocycles. The molecule has 2 N–H and O–H groups in total. The Bertz CT molecular complexity index is 927. The Balaban J connectivity index is 2.17. The summed E-state index contributed by atoms with van der Waals surface area (Å²) in [4.78, 5) is 12.7. The molecule has 0 aromatic heterocycles. The van der Waals surface area contributed by atoms with Gasteiger partial charge in [0.15, 0.2) is 17.3 Å². The van der Waals surface area contributed by atoms with E-state index in [9.17, 15) is 10.1 Å². The summed E-state index contributed by atoms with van der Waals surface area (Å²) in [6.45, 7) is 6.28. The number of nitrogens with two attached hydrogens (primary N) is 1. The van der Waals surface area contributed by atoms with Crippen molar-refractivity contribution in [3.8, 4) is 17.6 Å². The van der Waals surface area contributed by atoms with E-state index in [0.29, 0.717) is 65.3 Å². The molecule has 1 aromatic rings. The molecule has 0 radical (unpaired) electrons. The highest BCUT2D eigenvalue weighted by Gasteiger charge is 2.38. The number of benzene rings is 1. The number of carbonyl (C=O) groups is 1. The zero-order valence-electron chi connectivity index (χ0n) is 15.6. The van der Waals surface area contributed by atoms with Crippen LogP contribution in [0.5, 0.6) is 11.5 Å². The Morgan fingerprint density at radius 3 is 2.89 bits per heavy atom. The Morgan fingerprint density at radius 1 is 1.43 bits per heavy atom. The first-order valence-electron chi connectivity index (χ1n) is 9.05. The number of carbonyl (C=O) groups excluding carboxylic acids is 1. The Labute approximate surface area is 172 Å². The molecule has 1 aliphatic heterocycles. The summed E-state index contributed by atoms with van der Waals surface area (Å²) >= 11 is 3.52. The van der Waals surface area contributed by atoms with Crippen LogP contribution in [0, 0.1) is 11.3 Å². The van der Waals surface area contributed by atoms with Gasteiger partial charge in [0, 0.05) is 18.4 Å². The molecule has 0 amide bonds. The molecule has 2 aliphatic rings. The van der Waals surface area contributed by atoms with E-state index in [-0.39, 0.29) is 17.2 Å². The van der Waals surface area contributed by atoms with Gasteiger partial charge < -0.3 is 19.9 Å². The van der Waals surface area contributed by atoms with E-state index in [1.54, 1.807) is 12.1 Å². The predicted molar refractivity (Wildman–Crippen MR) is 108 cm³/mol. The number of nitrogens with zero attached hydrogens (tertiary/aromatic N) is 1. The van der Waals surface area contributed by atoms with Crippen molar-refractivity contribution < 1.29 is 19.0 Å². The highest BCUT2D eigenvalue weighted by Crippen LogP contribution is 2.47. The number of hydrogen-bond donors (Lipinski definition) is 1. The van der Waals surface area contributed by atoms with Crippen LogP contribution in [0.25, 0.3) is 0 Å². The van der Waals surface area contributed by atoms with Crippen molar-refractivity contribution in [1.29, 1.82) is 5.26 Å². The van der Waals surface area contributed by atoms with E-state index in [1.165, 1.54) is 0 Å². The number of Topliss-reactive ketones (excluding diaryl/α,β-unsaturated/α-hetero) is 1. The minimum absolute atomic E-state index is 0.0208. The summed E-state index contributed by atoms with van der Waals surface area (Å²) in [5.74, 6) is 1.04. The van der Waals surface area contributed by atoms with Crippen molar-refractivity contribution in [2.75, 3.05) is 13.2 Å².